The van der Waals surface area contributed by atoms with E-state index in [1.807, 2.05) is 12.2 Å². The van der Waals surface area contributed by atoms with Gasteiger partial charge in [0.15, 0.2) is 0 Å². The van der Waals surface area contributed by atoms with Gasteiger partial charge in [-0.1, -0.05) is 81.4 Å². The number of alkyl halides is 3. The summed E-state index contributed by atoms with van der Waals surface area (Å²) < 4.78 is 9.67. The monoisotopic (exact) mass is 436 g/mol. The van der Waals surface area contributed by atoms with E-state index in [9.17, 15) is 0 Å². The molecule has 5 heteroatoms. The van der Waals surface area contributed by atoms with Crippen molar-refractivity contribution < 1.29 is 9.47 Å². The highest BCUT2D eigenvalue weighted by atomic mass is 35.6. The van der Waals surface area contributed by atoms with Gasteiger partial charge in [-0.15, -0.1) is 0 Å². The van der Waals surface area contributed by atoms with Crippen molar-refractivity contribution in [2.75, 3.05) is 13.2 Å². The molecule has 0 aliphatic rings. The maximum Gasteiger partial charge on any atom is 0.240 e. The molecule has 0 spiro atoms. The third-order valence-corrected chi connectivity index (χ3v) is 4.34. The first-order valence-corrected chi connectivity index (χ1v) is 10.5. The molecule has 0 heterocycles. The van der Waals surface area contributed by atoms with Crippen molar-refractivity contribution in [3.8, 4) is 0 Å². The Bertz CT molecular complexity index is 490. The fourth-order valence-corrected chi connectivity index (χ4v) is 2.55. The lowest BCUT2D eigenvalue weighted by Gasteiger charge is -2.24. The maximum atomic E-state index is 5.99. The van der Waals surface area contributed by atoms with Crippen molar-refractivity contribution in [3.63, 3.8) is 0 Å². The SMILES string of the molecule is CC(C)=CCCC(C)=CCOC(OCC=C(C)CCC=C(C)C)C(Cl)(Cl)Cl. The Kier molecular flexibility index (Phi) is 14.6. The molecule has 0 rings (SSSR count). The predicted molar refractivity (Wildman–Crippen MR) is 121 cm³/mol. The van der Waals surface area contributed by atoms with Gasteiger partial charge in [-0.3, -0.25) is 0 Å². The van der Waals surface area contributed by atoms with E-state index in [4.69, 9.17) is 44.3 Å². The zero-order valence-electron chi connectivity index (χ0n) is 17.6. The van der Waals surface area contributed by atoms with Crippen LogP contribution >= 0.6 is 34.8 Å². The van der Waals surface area contributed by atoms with Crippen LogP contribution in [0.2, 0.25) is 0 Å². The van der Waals surface area contributed by atoms with Crippen LogP contribution < -0.4 is 0 Å². The summed E-state index contributed by atoms with van der Waals surface area (Å²) in [6.07, 6.45) is 11.6. The minimum absolute atomic E-state index is 0.350. The summed E-state index contributed by atoms with van der Waals surface area (Å²) in [6, 6.07) is 0. The zero-order valence-corrected chi connectivity index (χ0v) is 19.8. The van der Waals surface area contributed by atoms with E-state index in [1.54, 1.807) is 0 Å². The highest BCUT2D eigenvalue weighted by Gasteiger charge is 2.34. The summed E-state index contributed by atoms with van der Waals surface area (Å²) in [5, 5.41) is 0. The minimum atomic E-state index is -1.63. The Balaban J connectivity index is 4.44. The Morgan fingerprint density at radius 1 is 0.704 bits per heavy atom. The topological polar surface area (TPSA) is 18.5 Å². The van der Waals surface area contributed by atoms with Crippen molar-refractivity contribution in [1.82, 2.24) is 0 Å². The van der Waals surface area contributed by atoms with Crippen LogP contribution in [-0.2, 0) is 9.47 Å². The Hall–Kier alpha value is -0.250. The molecule has 0 unspecified atom stereocenters. The van der Waals surface area contributed by atoms with E-state index in [0.29, 0.717) is 13.2 Å². The third kappa shape index (κ3) is 16.4. The highest BCUT2D eigenvalue weighted by Crippen LogP contribution is 2.33. The molecule has 0 bridgehead atoms. The summed E-state index contributed by atoms with van der Waals surface area (Å²) in [7, 11) is 0. The first-order chi connectivity index (χ1) is 12.5. The molecule has 0 saturated heterocycles. The third-order valence-electron chi connectivity index (χ3n) is 3.81. The lowest BCUT2D eigenvalue weighted by Crippen LogP contribution is -2.32. The quantitative estimate of drug-likeness (QED) is 0.174. The summed E-state index contributed by atoms with van der Waals surface area (Å²) >= 11 is 18.0. The molecule has 156 valence electrons. The second-order valence-electron chi connectivity index (χ2n) is 7.28. The van der Waals surface area contributed by atoms with Gasteiger partial charge in [0.05, 0.1) is 13.2 Å². The van der Waals surface area contributed by atoms with Gasteiger partial charge in [-0.2, -0.15) is 0 Å². The standard InChI is InChI=1S/C22H35Cl3O2/c1-17(2)9-7-11-19(5)13-15-26-21(22(23,24)25)27-16-14-20(6)12-8-10-18(3)4/h9-10,13-14,21H,7-8,11-12,15-16H2,1-6H3. The van der Waals surface area contributed by atoms with Gasteiger partial charge in [-0.05, 0) is 67.2 Å². The molecule has 27 heavy (non-hydrogen) atoms. The average Bonchev–Trinajstić information content (AvgIpc) is 2.51. The molecule has 0 saturated carbocycles. The van der Waals surface area contributed by atoms with Gasteiger partial charge in [0.1, 0.15) is 0 Å². The Morgan fingerprint density at radius 3 is 1.37 bits per heavy atom. The van der Waals surface area contributed by atoms with E-state index in [2.05, 4.69) is 53.7 Å². The van der Waals surface area contributed by atoms with Crippen LogP contribution in [0.25, 0.3) is 0 Å². The van der Waals surface area contributed by atoms with Crippen molar-refractivity contribution in [2.24, 2.45) is 0 Å². The smallest absolute Gasteiger partial charge is 0.240 e. The molecule has 0 atom stereocenters. The van der Waals surface area contributed by atoms with Gasteiger partial charge in [0, 0.05) is 0 Å². The normalized spacial score (nSPS) is 14.1. The molecule has 0 aromatic rings. The molecule has 0 aliphatic carbocycles. The van der Waals surface area contributed by atoms with Crippen molar-refractivity contribution in [3.05, 3.63) is 46.6 Å². The summed E-state index contributed by atoms with van der Waals surface area (Å²) in [6.45, 7) is 13.3. The van der Waals surface area contributed by atoms with E-state index < -0.39 is 10.1 Å². The van der Waals surface area contributed by atoms with E-state index in [-0.39, 0.29) is 0 Å². The summed E-state index contributed by atoms with van der Waals surface area (Å²) in [5.74, 6) is 0. The second-order valence-corrected chi connectivity index (χ2v) is 9.65. The largest absolute Gasteiger partial charge is 0.344 e. The van der Waals surface area contributed by atoms with Gasteiger partial charge in [0.2, 0.25) is 10.1 Å². The molecular formula is C22H35Cl3O2. The molecule has 2 nitrogen and oxygen atoms in total. The number of rotatable bonds is 12. The van der Waals surface area contributed by atoms with Crippen LogP contribution in [0.4, 0.5) is 0 Å². The van der Waals surface area contributed by atoms with Crippen molar-refractivity contribution >= 4 is 34.8 Å². The van der Waals surface area contributed by atoms with Gasteiger partial charge < -0.3 is 9.47 Å². The Morgan fingerprint density at radius 2 is 1.07 bits per heavy atom. The minimum Gasteiger partial charge on any atom is -0.344 e. The molecule has 0 aromatic carbocycles. The fourth-order valence-electron chi connectivity index (χ4n) is 2.17. The van der Waals surface area contributed by atoms with Crippen LogP contribution in [0.1, 0.15) is 67.2 Å². The number of allylic oxidation sites excluding steroid dienone is 6. The first kappa shape index (κ1) is 26.8. The van der Waals surface area contributed by atoms with Gasteiger partial charge in [-0.25, -0.2) is 0 Å². The second kappa shape index (κ2) is 14.7. The zero-order chi connectivity index (χ0) is 20.9. The molecule has 0 fully saturated rings. The molecule has 0 amide bonds. The van der Waals surface area contributed by atoms with Gasteiger partial charge >= 0.3 is 0 Å². The molecule has 0 aliphatic heterocycles. The molecule has 0 radical (unpaired) electrons. The van der Waals surface area contributed by atoms with Crippen LogP contribution in [0, 0.1) is 0 Å². The number of ether oxygens (including phenoxy) is 2. The highest BCUT2D eigenvalue weighted by molar-refractivity contribution is 6.67. The van der Waals surface area contributed by atoms with E-state index in [1.165, 1.54) is 22.3 Å². The van der Waals surface area contributed by atoms with Crippen LogP contribution in [-0.4, -0.2) is 23.3 Å². The fraction of sp³-hybridized carbons (Fsp3) is 0.636. The number of hydrogen-bond acceptors (Lipinski definition) is 2. The molecule has 0 N–H and O–H groups in total. The maximum absolute atomic E-state index is 5.99. The first-order valence-electron chi connectivity index (χ1n) is 9.40. The lowest BCUT2D eigenvalue weighted by atomic mass is 10.1. The van der Waals surface area contributed by atoms with E-state index in [0.717, 1.165) is 25.7 Å². The number of hydrogen-bond donors (Lipinski definition) is 0. The van der Waals surface area contributed by atoms with E-state index >= 15 is 0 Å². The van der Waals surface area contributed by atoms with Crippen LogP contribution in [0.15, 0.2) is 46.6 Å². The molecular weight excluding hydrogens is 403 g/mol. The van der Waals surface area contributed by atoms with Crippen molar-refractivity contribution in [1.29, 1.82) is 0 Å². The average molecular weight is 438 g/mol. The lowest BCUT2D eigenvalue weighted by molar-refractivity contribution is -0.123. The summed E-state index contributed by atoms with van der Waals surface area (Å²) in [4.78, 5) is 0. The van der Waals surface area contributed by atoms with Crippen LogP contribution in [0.3, 0.4) is 0 Å². The predicted octanol–water partition coefficient (Wildman–Crippen LogP) is 8.10. The van der Waals surface area contributed by atoms with Crippen molar-refractivity contribution in [2.45, 2.75) is 77.3 Å². The number of halogens is 3. The van der Waals surface area contributed by atoms with Gasteiger partial charge in [0.25, 0.3) is 0 Å². The van der Waals surface area contributed by atoms with Crippen LogP contribution in [0.5, 0.6) is 0 Å². The molecule has 0 aromatic heterocycles. The summed E-state index contributed by atoms with van der Waals surface area (Å²) in [5.41, 5.74) is 5.14. The Labute approximate surface area is 181 Å².